The molecule has 0 fully saturated rings. The summed E-state index contributed by atoms with van der Waals surface area (Å²) in [6.07, 6.45) is 0. The second-order valence-corrected chi connectivity index (χ2v) is 5.46. The van der Waals surface area contributed by atoms with Crippen LogP contribution >= 0.6 is 0 Å². The average Bonchev–Trinajstić information content (AvgIpc) is 2.68. The number of benzene rings is 3. The summed E-state index contributed by atoms with van der Waals surface area (Å²) in [5.74, 6) is 2.48. The molecular weight excluding hydrogens is 330 g/mol. The highest BCUT2D eigenvalue weighted by Crippen LogP contribution is 2.23. The molecule has 0 bridgehead atoms. The van der Waals surface area contributed by atoms with Crippen molar-refractivity contribution in [2.45, 2.75) is 0 Å². The zero-order chi connectivity index (χ0) is 18.2. The minimum atomic E-state index is -0.247. The van der Waals surface area contributed by atoms with E-state index < -0.39 is 0 Å². The van der Waals surface area contributed by atoms with E-state index in [1.165, 1.54) is 0 Å². The molecule has 0 heterocycles. The van der Waals surface area contributed by atoms with Gasteiger partial charge in [-0.3, -0.25) is 4.79 Å². The molecule has 3 rings (SSSR count). The van der Waals surface area contributed by atoms with Crippen molar-refractivity contribution in [3.63, 3.8) is 0 Å². The molecule has 0 aliphatic rings. The van der Waals surface area contributed by atoms with Gasteiger partial charge in [-0.25, -0.2) is 0 Å². The standard InChI is InChI=1S/C21H19NO4/c1-24-20-9-5-6-16(14-20)22-21(23)15-25-17-10-12-19(13-11-17)26-18-7-3-2-4-8-18/h2-14H,15H2,1H3,(H,22,23). The highest BCUT2D eigenvalue weighted by molar-refractivity contribution is 5.92. The van der Waals surface area contributed by atoms with Gasteiger partial charge in [0, 0.05) is 11.8 Å². The highest BCUT2D eigenvalue weighted by Gasteiger charge is 2.05. The van der Waals surface area contributed by atoms with Crippen LogP contribution in [0, 0.1) is 0 Å². The molecule has 5 heteroatoms. The normalized spacial score (nSPS) is 10.0. The van der Waals surface area contributed by atoms with Gasteiger partial charge in [0.1, 0.15) is 23.0 Å². The first kappa shape index (κ1) is 17.4. The van der Waals surface area contributed by atoms with Crippen molar-refractivity contribution in [1.29, 1.82) is 0 Å². The van der Waals surface area contributed by atoms with Crippen LogP contribution in [-0.2, 0) is 4.79 Å². The SMILES string of the molecule is COc1cccc(NC(=O)COc2ccc(Oc3ccccc3)cc2)c1. The number of nitrogens with one attached hydrogen (secondary N) is 1. The van der Waals surface area contributed by atoms with E-state index in [-0.39, 0.29) is 12.5 Å². The molecule has 1 amide bonds. The van der Waals surface area contributed by atoms with E-state index in [9.17, 15) is 4.79 Å². The number of methoxy groups -OCH3 is 1. The van der Waals surface area contributed by atoms with Gasteiger partial charge >= 0.3 is 0 Å². The average molecular weight is 349 g/mol. The fraction of sp³-hybridized carbons (Fsp3) is 0.0952. The van der Waals surface area contributed by atoms with Gasteiger partial charge in [-0.1, -0.05) is 24.3 Å². The molecule has 0 spiro atoms. The maximum Gasteiger partial charge on any atom is 0.262 e. The Morgan fingerprint density at radius 3 is 2.19 bits per heavy atom. The fourth-order valence-electron chi connectivity index (χ4n) is 2.28. The lowest BCUT2D eigenvalue weighted by molar-refractivity contribution is -0.118. The number of amides is 1. The van der Waals surface area contributed by atoms with E-state index in [0.717, 1.165) is 5.75 Å². The summed E-state index contributed by atoms with van der Waals surface area (Å²) in [5.41, 5.74) is 0.657. The Kier molecular flexibility index (Phi) is 5.72. The molecule has 0 aromatic heterocycles. The van der Waals surface area contributed by atoms with Gasteiger partial charge in [0.15, 0.2) is 6.61 Å². The molecule has 0 atom stereocenters. The monoisotopic (exact) mass is 349 g/mol. The van der Waals surface area contributed by atoms with Crippen molar-refractivity contribution in [3.05, 3.63) is 78.9 Å². The van der Waals surface area contributed by atoms with Crippen LogP contribution in [0.25, 0.3) is 0 Å². The van der Waals surface area contributed by atoms with Crippen LogP contribution in [-0.4, -0.2) is 19.6 Å². The first-order valence-corrected chi connectivity index (χ1v) is 8.12. The van der Waals surface area contributed by atoms with Crippen LogP contribution in [0.3, 0.4) is 0 Å². The Labute approximate surface area is 152 Å². The molecular formula is C21H19NO4. The maximum absolute atomic E-state index is 12.0. The molecule has 0 radical (unpaired) electrons. The van der Waals surface area contributed by atoms with Crippen molar-refractivity contribution >= 4 is 11.6 Å². The van der Waals surface area contributed by atoms with Crippen molar-refractivity contribution < 1.29 is 19.0 Å². The van der Waals surface area contributed by atoms with Gasteiger partial charge in [-0.05, 0) is 48.5 Å². The summed E-state index contributed by atoms with van der Waals surface area (Å²) < 4.78 is 16.3. The lowest BCUT2D eigenvalue weighted by Gasteiger charge is -2.09. The Balaban J connectivity index is 1.50. The van der Waals surface area contributed by atoms with Gasteiger partial charge < -0.3 is 19.5 Å². The summed E-state index contributed by atoms with van der Waals surface area (Å²) in [7, 11) is 1.58. The molecule has 0 saturated carbocycles. The molecule has 0 unspecified atom stereocenters. The van der Waals surface area contributed by atoms with E-state index in [2.05, 4.69) is 5.32 Å². The van der Waals surface area contributed by atoms with Crippen LogP contribution in [0.5, 0.6) is 23.0 Å². The topological polar surface area (TPSA) is 56.8 Å². The van der Waals surface area contributed by atoms with Crippen molar-refractivity contribution in [3.8, 4) is 23.0 Å². The first-order chi connectivity index (χ1) is 12.7. The predicted octanol–water partition coefficient (Wildman–Crippen LogP) is 4.51. The number of hydrogen-bond acceptors (Lipinski definition) is 4. The highest BCUT2D eigenvalue weighted by atomic mass is 16.5. The molecule has 3 aromatic carbocycles. The Hall–Kier alpha value is -3.47. The van der Waals surface area contributed by atoms with Gasteiger partial charge in [-0.15, -0.1) is 0 Å². The molecule has 0 aliphatic heterocycles. The smallest absolute Gasteiger partial charge is 0.262 e. The third kappa shape index (κ3) is 5.01. The maximum atomic E-state index is 12.0. The zero-order valence-electron chi connectivity index (χ0n) is 14.3. The van der Waals surface area contributed by atoms with E-state index in [4.69, 9.17) is 14.2 Å². The number of hydrogen-bond donors (Lipinski definition) is 1. The Morgan fingerprint density at radius 1 is 0.808 bits per heavy atom. The number of ether oxygens (including phenoxy) is 3. The largest absolute Gasteiger partial charge is 0.497 e. The van der Waals surface area contributed by atoms with Gasteiger partial charge in [0.05, 0.1) is 7.11 Å². The molecule has 0 saturated heterocycles. The van der Waals surface area contributed by atoms with E-state index >= 15 is 0 Å². The molecule has 3 aromatic rings. The number of rotatable bonds is 7. The predicted molar refractivity (Wildman–Crippen MR) is 100 cm³/mol. The van der Waals surface area contributed by atoms with Crippen molar-refractivity contribution in [2.24, 2.45) is 0 Å². The summed E-state index contributed by atoms with van der Waals surface area (Å²) in [6.45, 7) is -0.0872. The van der Waals surface area contributed by atoms with E-state index in [1.54, 1.807) is 49.6 Å². The number of carbonyl (C=O) groups excluding carboxylic acids is 1. The zero-order valence-corrected chi connectivity index (χ0v) is 14.3. The summed E-state index contributed by atoms with van der Waals surface area (Å²) in [6, 6.07) is 23.8. The van der Waals surface area contributed by atoms with E-state index in [1.807, 2.05) is 36.4 Å². The third-order valence-corrected chi connectivity index (χ3v) is 3.53. The van der Waals surface area contributed by atoms with Crippen molar-refractivity contribution in [1.82, 2.24) is 0 Å². The first-order valence-electron chi connectivity index (χ1n) is 8.12. The summed E-state index contributed by atoms with van der Waals surface area (Å²) >= 11 is 0. The molecule has 0 aliphatic carbocycles. The number of para-hydroxylation sites is 1. The molecule has 1 N–H and O–H groups in total. The quantitative estimate of drug-likeness (QED) is 0.682. The third-order valence-electron chi connectivity index (χ3n) is 3.53. The van der Waals surface area contributed by atoms with Crippen LogP contribution in [0.2, 0.25) is 0 Å². The van der Waals surface area contributed by atoms with Gasteiger partial charge in [0.25, 0.3) is 5.91 Å². The Morgan fingerprint density at radius 2 is 1.46 bits per heavy atom. The summed E-state index contributed by atoms with van der Waals surface area (Å²) in [5, 5.41) is 2.76. The summed E-state index contributed by atoms with van der Waals surface area (Å²) in [4.78, 5) is 12.0. The van der Waals surface area contributed by atoms with Crippen LogP contribution in [0.15, 0.2) is 78.9 Å². The van der Waals surface area contributed by atoms with Gasteiger partial charge in [0.2, 0.25) is 0 Å². The molecule has 5 nitrogen and oxygen atoms in total. The number of carbonyl (C=O) groups is 1. The van der Waals surface area contributed by atoms with Crippen molar-refractivity contribution in [2.75, 3.05) is 19.0 Å². The number of anilines is 1. The van der Waals surface area contributed by atoms with E-state index in [0.29, 0.717) is 22.9 Å². The van der Waals surface area contributed by atoms with Crippen LogP contribution < -0.4 is 19.5 Å². The van der Waals surface area contributed by atoms with Crippen LogP contribution in [0.1, 0.15) is 0 Å². The second kappa shape index (κ2) is 8.58. The Bertz CT molecular complexity index is 847. The molecule has 132 valence electrons. The lowest BCUT2D eigenvalue weighted by atomic mass is 10.3. The van der Waals surface area contributed by atoms with Crippen LogP contribution in [0.4, 0.5) is 5.69 Å². The second-order valence-electron chi connectivity index (χ2n) is 5.46. The molecule has 26 heavy (non-hydrogen) atoms. The minimum absolute atomic E-state index is 0.0872. The lowest BCUT2D eigenvalue weighted by Crippen LogP contribution is -2.20. The fourth-order valence-corrected chi connectivity index (χ4v) is 2.28. The minimum Gasteiger partial charge on any atom is -0.497 e. The van der Waals surface area contributed by atoms with Gasteiger partial charge in [-0.2, -0.15) is 0 Å².